The predicted octanol–water partition coefficient (Wildman–Crippen LogP) is 3.22. The molecule has 0 atom stereocenters. The Hall–Kier alpha value is -2.14. The van der Waals surface area contributed by atoms with E-state index in [0.29, 0.717) is 0 Å². The lowest BCUT2D eigenvalue weighted by atomic mass is 10.0. The second kappa shape index (κ2) is 6.40. The van der Waals surface area contributed by atoms with Crippen molar-refractivity contribution in [1.29, 1.82) is 0 Å². The molecule has 24 heavy (non-hydrogen) atoms. The van der Waals surface area contributed by atoms with Gasteiger partial charge >= 0.3 is 0 Å². The lowest BCUT2D eigenvalue weighted by Crippen LogP contribution is -2.46. The number of rotatable bonds is 3. The molecular formula is C19H25N5. The van der Waals surface area contributed by atoms with E-state index < -0.39 is 0 Å². The fourth-order valence-corrected chi connectivity index (χ4v) is 3.70. The van der Waals surface area contributed by atoms with Gasteiger partial charge in [0.2, 0.25) is 0 Å². The molecule has 2 aliphatic heterocycles. The Balaban J connectivity index is 1.81. The van der Waals surface area contributed by atoms with Crippen molar-refractivity contribution in [3.63, 3.8) is 0 Å². The number of hydrogen-bond acceptors (Lipinski definition) is 4. The number of aliphatic imine (C=N–C) groups is 1. The van der Waals surface area contributed by atoms with Crippen LogP contribution in [-0.2, 0) is 0 Å². The standard InChI is InChI=1S/C19H25N5/c1-3-23-10-12-24(13-11-23)19-15(16-6-4-5-9-20-16)7-8-17-18(19)22-14(2)21-17/h6-9H,3-5,10-13H2,1-2H3,(H,21,22). The van der Waals surface area contributed by atoms with Gasteiger partial charge < -0.3 is 14.8 Å². The number of likely N-dealkylation sites (N-methyl/N-ethyl adjacent to an activating group) is 1. The molecule has 0 saturated carbocycles. The molecule has 0 radical (unpaired) electrons. The normalized spacial score (nSPS) is 19.1. The number of allylic oxidation sites excluding steroid dienone is 1. The Labute approximate surface area is 143 Å². The number of anilines is 1. The molecule has 4 rings (SSSR count). The Morgan fingerprint density at radius 1 is 1.12 bits per heavy atom. The zero-order chi connectivity index (χ0) is 16.5. The van der Waals surface area contributed by atoms with Crippen LogP contribution in [0.1, 0.15) is 31.2 Å². The van der Waals surface area contributed by atoms with Crippen molar-refractivity contribution in [3.8, 4) is 0 Å². The van der Waals surface area contributed by atoms with Gasteiger partial charge in [0, 0.05) is 38.0 Å². The number of hydrogen-bond donors (Lipinski definition) is 1. The first-order chi connectivity index (χ1) is 11.8. The minimum atomic E-state index is 0.969. The monoisotopic (exact) mass is 323 g/mol. The number of aromatic nitrogens is 2. The lowest BCUT2D eigenvalue weighted by Gasteiger charge is -2.36. The average molecular weight is 323 g/mol. The topological polar surface area (TPSA) is 47.5 Å². The van der Waals surface area contributed by atoms with Crippen LogP contribution in [0.25, 0.3) is 16.7 Å². The zero-order valence-corrected chi connectivity index (χ0v) is 14.5. The summed E-state index contributed by atoms with van der Waals surface area (Å²) >= 11 is 0. The molecular weight excluding hydrogens is 298 g/mol. The third-order valence-corrected chi connectivity index (χ3v) is 5.03. The second-order valence-electron chi connectivity index (χ2n) is 6.58. The van der Waals surface area contributed by atoms with Crippen LogP contribution in [0.2, 0.25) is 0 Å². The van der Waals surface area contributed by atoms with Crippen molar-refractivity contribution in [2.45, 2.75) is 26.7 Å². The summed E-state index contributed by atoms with van der Waals surface area (Å²) in [6.45, 7) is 9.72. The summed E-state index contributed by atoms with van der Waals surface area (Å²) in [6.07, 6.45) is 6.41. The van der Waals surface area contributed by atoms with Crippen molar-refractivity contribution in [3.05, 3.63) is 29.6 Å². The van der Waals surface area contributed by atoms with Gasteiger partial charge in [0.05, 0.1) is 22.4 Å². The minimum Gasteiger partial charge on any atom is -0.367 e. The maximum atomic E-state index is 4.66. The van der Waals surface area contributed by atoms with Gasteiger partial charge in [0.1, 0.15) is 5.82 Å². The van der Waals surface area contributed by atoms with E-state index in [1.165, 1.54) is 11.3 Å². The molecule has 0 unspecified atom stereocenters. The van der Waals surface area contributed by atoms with E-state index in [-0.39, 0.29) is 0 Å². The lowest BCUT2D eigenvalue weighted by molar-refractivity contribution is 0.271. The van der Waals surface area contributed by atoms with E-state index in [9.17, 15) is 0 Å². The highest BCUT2D eigenvalue weighted by Crippen LogP contribution is 2.36. The SMILES string of the molecule is CCN1CCN(c2c(C3=CCCC=N3)ccc3nc(C)[nH]c23)CC1. The molecule has 1 aromatic carbocycles. The first kappa shape index (κ1) is 15.4. The molecule has 1 saturated heterocycles. The number of imidazole rings is 1. The van der Waals surface area contributed by atoms with Gasteiger partial charge in [-0.05, 0) is 38.4 Å². The summed E-state index contributed by atoms with van der Waals surface area (Å²) in [7, 11) is 0. The minimum absolute atomic E-state index is 0.969. The van der Waals surface area contributed by atoms with Crippen molar-refractivity contribution >= 4 is 28.6 Å². The van der Waals surface area contributed by atoms with E-state index >= 15 is 0 Å². The average Bonchev–Trinajstić information content (AvgIpc) is 3.02. The number of aromatic amines is 1. The van der Waals surface area contributed by atoms with Crippen LogP contribution in [0.5, 0.6) is 0 Å². The number of aryl methyl sites for hydroxylation is 1. The third-order valence-electron chi connectivity index (χ3n) is 5.03. The number of piperazine rings is 1. The summed E-state index contributed by atoms with van der Waals surface area (Å²) in [6, 6.07) is 4.31. The number of H-pyrrole nitrogens is 1. The number of fused-ring (bicyclic) bond motifs is 1. The summed E-state index contributed by atoms with van der Waals surface area (Å²) in [5, 5.41) is 0. The van der Waals surface area contributed by atoms with E-state index in [0.717, 1.165) is 68.1 Å². The van der Waals surface area contributed by atoms with Gasteiger partial charge in [-0.3, -0.25) is 4.99 Å². The van der Waals surface area contributed by atoms with Crippen LogP contribution in [0.4, 0.5) is 5.69 Å². The molecule has 126 valence electrons. The molecule has 3 heterocycles. The Morgan fingerprint density at radius 2 is 1.96 bits per heavy atom. The molecule has 5 heteroatoms. The summed E-state index contributed by atoms with van der Waals surface area (Å²) in [4.78, 5) is 17.8. The Kier molecular flexibility index (Phi) is 4.10. The molecule has 1 N–H and O–H groups in total. The van der Waals surface area contributed by atoms with Crippen LogP contribution < -0.4 is 4.90 Å². The van der Waals surface area contributed by atoms with Crippen LogP contribution in [0, 0.1) is 6.92 Å². The van der Waals surface area contributed by atoms with E-state index in [4.69, 9.17) is 0 Å². The summed E-state index contributed by atoms with van der Waals surface area (Å²) < 4.78 is 0. The number of nitrogens with one attached hydrogen (secondary N) is 1. The summed E-state index contributed by atoms with van der Waals surface area (Å²) in [5.74, 6) is 0.969. The van der Waals surface area contributed by atoms with E-state index in [2.05, 4.69) is 49.9 Å². The predicted molar refractivity (Wildman–Crippen MR) is 101 cm³/mol. The Bertz CT molecular complexity index is 793. The molecule has 5 nitrogen and oxygen atoms in total. The highest BCUT2D eigenvalue weighted by atomic mass is 15.3. The molecule has 1 aromatic heterocycles. The van der Waals surface area contributed by atoms with Gasteiger partial charge in [-0.25, -0.2) is 4.98 Å². The maximum Gasteiger partial charge on any atom is 0.104 e. The fourth-order valence-electron chi connectivity index (χ4n) is 3.70. The first-order valence-electron chi connectivity index (χ1n) is 8.96. The highest BCUT2D eigenvalue weighted by molar-refractivity contribution is 5.97. The molecule has 2 aromatic rings. The van der Waals surface area contributed by atoms with E-state index in [1.807, 2.05) is 13.1 Å². The molecule has 0 bridgehead atoms. The van der Waals surface area contributed by atoms with Crippen molar-refractivity contribution < 1.29 is 0 Å². The van der Waals surface area contributed by atoms with Gasteiger partial charge in [0.25, 0.3) is 0 Å². The summed E-state index contributed by atoms with van der Waals surface area (Å²) in [5.41, 5.74) is 5.80. The first-order valence-corrected chi connectivity index (χ1v) is 8.96. The van der Waals surface area contributed by atoms with Crippen molar-refractivity contribution in [1.82, 2.24) is 14.9 Å². The van der Waals surface area contributed by atoms with Crippen LogP contribution >= 0.6 is 0 Å². The molecule has 1 fully saturated rings. The molecule has 0 spiro atoms. The quantitative estimate of drug-likeness (QED) is 0.943. The fraction of sp³-hybridized carbons (Fsp3) is 0.474. The molecule has 2 aliphatic rings. The van der Waals surface area contributed by atoms with Crippen molar-refractivity contribution in [2.75, 3.05) is 37.6 Å². The third kappa shape index (κ3) is 2.73. The van der Waals surface area contributed by atoms with Gasteiger partial charge in [0.15, 0.2) is 0 Å². The molecule has 0 amide bonds. The smallest absolute Gasteiger partial charge is 0.104 e. The van der Waals surface area contributed by atoms with Crippen LogP contribution in [-0.4, -0.2) is 53.8 Å². The van der Waals surface area contributed by atoms with Gasteiger partial charge in [-0.1, -0.05) is 13.0 Å². The van der Waals surface area contributed by atoms with Crippen LogP contribution in [0.3, 0.4) is 0 Å². The largest absolute Gasteiger partial charge is 0.367 e. The van der Waals surface area contributed by atoms with Gasteiger partial charge in [-0.2, -0.15) is 0 Å². The van der Waals surface area contributed by atoms with Crippen LogP contribution in [0.15, 0.2) is 23.2 Å². The molecule has 0 aliphatic carbocycles. The number of nitrogens with zero attached hydrogens (tertiary/aromatic N) is 4. The Morgan fingerprint density at radius 3 is 2.67 bits per heavy atom. The number of benzene rings is 1. The van der Waals surface area contributed by atoms with E-state index in [1.54, 1.807) is 0 Å². The van der Waals surface area contributed by atoms with Crippen molar-refractivity contribution in [2.24, 2.45) is 4.99 Å². The maximum absolute atomic E-state index is 4.66. The zero-order valence-electron chi connectivity index (χ0n) is 14.5. The highest BCUT2D eigenvalue weighted by Gasteiger charge is 2.23. The van der Waals surface area contributed by atoms with Gasteiger partial charge in [-0.15, -0.1) is 0 Å². The second-order valence-corrected chi connectivity index (χ2v) is 6.58.